The van der Waals surface area contributed by atoms with Crippen LogP contribution in [0.15, 0.2) is 46.2 Å². The lowest BCUT2D eigenvalue weighted by Gasteiger charge is -2.25. The second-order valence-corrected chi connectivity index (χ2v) is 6.35. The Morgan fingerprint density at radius 2 is 1.85 bits per heavy atom. The Kier molecular flexibility index (Phi) is 4.50. The number of hydrogen-bond acceptors (Lipinski definition) is 4. The van der Waals surface area contributed by atoms with E-state index in [9.17, 15) is 14.4 Å². The van der Waals surface area contributed by atoms with Gasteiger partial charge < -0.3 is 9.47 Å². The van der Waals surface area contributed by atoms with E-state index in [-0.39, 0.29) is 18.5 Å². The van der Waals surface area contributed by atoms with Gasteiger partial charge in [-0.1, -0.05) is 30.3 Å². The first-order chi connectivity index (χ1) is 12.3. The van der Waals surface area contributed by atoms with Crippen LogP contribution in [0.2, 0.25) is 0 Å². The van der Waals surface area contributed by atoms with Gasteiger partial charge in [0, 0.05) is 21.1 Å². The molecule has 0 radical (unpaired) electrons. The molecule has 0 spiro atoms. The van der Waals surface area contributed by atoms with Crippen molar-refractivity contribution in [2.75, 3.05) is 7.05 Å². The fraction of sp³-hybridized carbons (Fsp3) is 0.333. The highest BCUT2D eigenvalue weighted by Crippen LogP contribution is 2.18. The fourth-order valence-corrected chi connectivity index (χ4v) is 2.95. The predicted octanol–water partition coefficient (Wildman–Crippen LogP) is 0.653. The summed E-state index contributed by atoms with van der Waals surface area (Å²) >= 11 is 0. The first-order valence-corrected chi connectivity index (χ1v) is 8.24. The first-order valence-electron chi connectivity index (χ1n) is 8.24. The third-order valence-electron chi connectivity index (χ3n) is 4.75. The second kappa shape index (κ2) is 6.62. The van der Waals surface area contributed by atoms with Crippen molar-refractivity contribution in [1.29, 1.82) is 0 Å². The van der Waals surface area contributed by atoms with Crippen LogP contribution in [0.5, 0.6) is 0 Å². The van der Waals surface area contributed by atoms with Crippen molar-refractivity contribution in [1.82, 2.24) is 23.6 Å². The molecule has 0 aliphatic carbocycles. The molecule has 2 aromatic heterocycles. The monoisotopic (exact) mass is 355 g/mol. The molecule has 3 aromatic rings. The molecule has 8 nitrogen and oxygen atoms in total. The number of fused-ring (bicyclic) bond motifs is 1. The van der Waals surface area contributed by atoms with Crippen molar-refractivity contribution in [3.63, 3.8) is 0 Å². The number of aryl methyl sites for hydroxylation is 2. The van der Waals surface area contributed by atoms with Crippen LogP contribution < -0.4 is 11.2 Å². The Balaban J connectivity index is 1.96. The van der Waals surface area contributed by atoms with Crippen LogP contribution in [-0.2, 0) is 25.4 Å². The Labute approximate surface area is 149 Å². The quantitative estimate of drug-likeness (QED) is 0.688. The average molecular weight is 355 g/mol. The van der Waals surface area contributed by atoms with E-state index >= 15 is 0 Å². The van der Waals surface area contributed by atoms with Gasteiger partial charge in [-0.3, -0.25) is 14.2 Å². The molecule has 2 heterocycles. The van der Waals surface area contributed by atoms with Crippen LogP contribution in [-0.4, -0.2) is 36.5 Å². The van der Waals surface area contributed by atoms with Gasteiger partial charge in [-0.2, -0.15) is 0 Å². The minimum absolute atomic E-state index is 0.177. The summed E-state index contributed by atoms with van der Waals surface area (Å²) in [6.45, 7) is 1.58. The molecule has 0 saturated carbocycles. The summed E-state index contributed by atoms with van der Waals surface area (Å²) < 4.78 is 3.79. The normalized spacial score (nSPS) is 12.3. The summed E-state index contributed by atoms with van der Waals surface area (Å²) in [5.41, 5.74) is 0.495. The molecule has 0 aliphatic rings. The number of rotatable bonds is 4. The molecule has 1 unspecified atom stereocenters. The summed E-state index contributed by atoms with van der Waals surface area (Å²) in [7, 11) is 4.88. The summed E-state index contributed by atoms with van der Waals surface area (Å²) in [5, 5.41) is 0. The van der Waals surface area contributed by atoms with Gasteiger partial charge in [0.05, 0.1) is 12.4 Å². The molecule has 0 bridgehead atoms. The van der Waals surface area contributed by atoms with Gasteiger partial charge >= 0.3 is 5.69 Å². The van der Waals surface area contributed by atoms with Gasteiger partial charge in [0.15, 0.2) is 11.2 Å². The minimum atomic E-state index is -0.560. The lowest BCUT2D eigenvalue weighted by molar-refractivity contribution is -0.132. The highest BCUT2D eigenvalue weighted by molar-refractivity contribution is 5.77. The zero-order chi connectivity index (χ0) is 19.0. The van der Waals surface area contributed by atoms with E-state index in [4.69, 9.17) is 0 Å². The van der Waals surface area contributed by atoms with Gasteiger partial charge in [-0.15, -0.1) is 0 Å². The molecule has 8 heteroatoms. The van der Waals surface area contributed by atoms with Gasteiger partial charge in [-0.05, 0) is 12.5 Å². The van der Waals surface area contributed by atoms with Crippen LogP contribution in [0, 0.1) is 0 Å². The molecular formula is C18H21N5O3. The van der Waals surface area contributed by atoms with Crippen molar-refractivity contribution in [2.45, 2.75) is 19.5 Å². The van der Waals surface area contributed by atoms with Gasteiger partial charge in [0.25, 0.3) is 5.56 Å². The van der Waals surface area contributed by atoms with E-state index in [0.29, 0.717) is 11.2 Å². The van der Waals surface area contributed by atoms with Crippen LogP contribution in [0.3, 0.4) is 0 Å². The number of likely N-dealkylation sites (N-methyl/N-ethyl adjacent to an activating group) is 1. The number of aromatic nitrogens is 4. The molecule has 1 atom stereocenters. The van der Waals surface area contributed by atoms with Crippen molar-refractivity contribution >= 4 is 17.1 Å². The Morgan fingerprint density at radius 1 is 1.19 bits per heavy atom. The first kappa shape index (κ1) is 17.7. The fourth-order valence-electron chi connectivity index (χ4n) is 2.95. The van der Waals surface area contributed by atoms with E-state index in [2.05, 4.69) is 4.98 Å². The van der Waals surface area contributed by atoms with E-state index in [0.717, 1.165) is 10.1 Å². The molecule has 3 rings (SSSR count). The molecule has 0 aliphatic heterocycles. The van der Waals surface area contributed by atoms with E-state index in [1.165, 1.54) is 22.8 Å². The molecule has 0 N–H and O–H groups in total. The number of imidazole rings is 1. The summed E-state index contributed by atoms with van der Waals surface area (Å²) in [6, 6.07) is 9.40. The number of hydrogen-bond donors (Lipinski definition) is 0. The molecule has 0 fully saturated rings. The summed E-state index contributed by atoms with van der Waals surface area (Å²) in [6.07, 6.45) is 1.47. The van der Waals surface area contributed by atoms with Gasteiger partial charge in [-0.25, -0.2) is 14.3 Å². The van der Waals surface area contributed by atoms with E-state index in [1.807, 2.05) is 37.3 Å². The predicted molar refractivity (Wildman–Crippen MR) is 97.8 cm³/mol. The number of nitrogens with zero attached hydrogens (tertiary/aromatic N) is 5. The Morgan fingerprint density at radius 3 is 2.50 bits per heavy atom. The van der Waals surface area contributed by atoms with E-state index < -0.39 is 11.2 Å². The number of amides is 1. The summed E-state index contributed by atoms with van der Waals surface area (Å²) in [4.78, 5) is 43.5. The van der Waals surface area contributed by atoms with Crippen molar-refractivity contribution in [2.24, 2.45) is 14.1 Å². The molecule has 26 heavy (non-hydrogen) atoms. The highest BCUT2D eigenvalue weighted by atomic mass is 16.2. The third-order valence-corrected chi connectivity index (χ3v) is 4.75. The molecular weight excluding hydrogens is 334 g/mol. The van der Waals surface area contributed by atoms with Gasteiger partial charge in [0.2, 0.25) is 5.91 Å². The van der Waals surface area contributed by atoms with Crippen LogP contribution in [0.1, 0.15) is 18.5 Å². The van der Waals surface area contributed by atoms with Crippen LogP contribution >= 0.6 is 0 Å². The Bertz CT molecular complexity index is 1080. The highest BCUT2D eigenvalue weighted by Gasteiger charge is 2.21. The maximum Gasteiger partial charge on any atom is 0.332 e. The largest absolute Gasteiger partial charge is 0.337 e. The van der Waals surface area contributed by atoms with Crippen molar-refractivity contribution < 1.29 is 4.79 Å². The lowest BCUT2D eigenvalue weighted by Crippen LogP contribution is -2.44. The minimum Gasteiger partial charge on any atom is -0.337 e. The smallest absolute Gasteiger partial charge is 0.332 e. The van der Waals surface area contributed by atoms with Crippen molar-refractivity contribution in [3.05, 3.63) is 63.1 Å². The lowest BCUT2D eigenvalue weighted by atomic mass is 10.1. The maximum atomic E-state index is 12.7. The number of carbonyl (C=O) groups is 1. The average Bonchev–Trinajstić information content (AvgIpc) is 3.04. The molecule has 1 amide bonds. The van der Waals surface area contributed by atoms with Crippen LogP contribution in [0.25, 0.3) is 11.2 Å². The second-order valence-electron chi connectivity index (χ2n) is 6.35. The van der Waals surface area contributed by atoms with E-state index in [1.54, 1.807) is 18.7 Å². The molecule has 0 saturated heterocycles. The number of carbonyl (C=O) groups excluding carboxylic acids is 1. The standard InChI is InChI=1S/C18H21N5O3/c1-12(13-8-6-5-7-9-13)21(3)14(24)10-23-17(25)15-16(19-11-20(15)2)22(4)18(23)26/h5-9,11-12H,10H2,1-4H3. The SMILES string of the molecule is CC(c1ccccc1)N(C)C(=O)Cn1c(=O)c2c(ncn2C)n(C)c1=O. The van der Waals surface area contributed by atoms with Crippen molar-refractivity contribution in [3.8, 4) is 0 Å². The van der Waals surface area contributed by atoms with Gasteiger partial charge in [0.1, 0.15) is 6.54 Å². The summed E-state index contributed by atoms with van der Waals surface area (Å²) in [5.74, 6) is -0.318. The third kappa shape index (κ3) is 2.83. The zero-order valence-corrected chi connectivity index (χ0v) is 15.2. The molecule has 1 aromatic carbocycles. The topological polar surface area (TPSA) is 82.1 Å². The zero-order valence-electron chi connectivity index (χ0n) is 15.2. The van der Waals surface area contributed by atoms with Crippen LogP contribution in [0.4, 0.5) is 0 Å². The Hall–Kier alpha value is -3.16. The maximum absolute atomic E-state index is 12.7. The number of benzene rings is 1. The molecule has 136 valence electrons.